The Balaban J connectivity index is 1.46. The maximum Gasteiger partial charge on any atom is 0.133 e. The molecule has 2 nitrogen and oxygen atoms in total. The molecule has 2 heteroatoms. The Morgan fingerprint density at radius 3 is 2.35 bits per heavy atom. The SMILES string of the molecule is CC(=O)[C@H]1CC[C@H]2[C@@H]3CC[C@H]4[C@@H]5O[C@@H]5CC[C@]4(C)[C@H]3CC[C@]12C. The summed E-state index contributed by atoms with van der Waals surface area (Å²) in [5.74, 6) is 4.23. The van der Waals surface area contributed by atoms with Gasteiger partial charge in [-0.2, -0.15) is 0 Å². The number of epoxide rings is 1. The van der Waals surface area contributed by atoms with Gasteiger partial charge in [0.15, 0.2) is 0 Å². The summed E-state index contributed by atoms with van der Waals surface area (Å²) >= 11 is 0. The average molecular weight is 316 g/mol. The number of hydrogen-bond acceptors (Lipinski definition) is 2. The number of rotatable bonds is 1. The summed E-state index contributed by atoms with van der Waals surface area (Å²) in [6, 6.07) is 0. The minimum Gasteiger partial charge on any atom is -0.369 e. The standard InChI is InChI=1S/C21H32O2/c1-12(22)14-6-7-15-13-4-5-17-19-18(23-19)9-11-21(17,3)16(13)8-10-20(14,15)2/h13-19H,4-11H2,1-3H3/t13-,14+,15-,16-,17-,18+,19-,20+,21+/m0/s1. The molecule has 5 rings (SSSR count). The highest BCUT2D eigenvalue weighted by atomic mass is 16.6. The maximum absolute atomic E-state index is 12.2. The molecular formula is C21H32O2. The first-order valence-corrected chi connectivity index (χ1v) is 10.1. The van der Waals surface area contributed by atoms with Gasteiger partial charge in [-0.3, -0.25) is 4.79 Å². The minimum absolute atomic E-state index is 0.309. The summed E-state index contributed by atoms with van der Waals surface area (Å²) < 4.78 is 6.00. The van der Waals surface area contributed by atoms with E-state index in [9.17, 15) is 4.79 Å². The first-order valence-electron chi connectivity index (χ1n) is 10.1. The van der Waals surface area contributed by atoms with Crippen molar-refractivity contribution in [2.75, 3.05) is 0 Å². The highest BCUT2D eigenvalue weighted by Gasteiger charge is 2.65. The van der Waals surface area contributed by atoms with Crippen molar-refractivity contribution < 1.29 is 9.53 Å². The number of carbonyl (C=O) groups is 1. The lowest BCUT2D eigenvalue weighted by Crippen LogP contribution is -2.54. The van der Waals surface area contributed by atoms with Crippen molar-refractivity contribution in [3.05, 3.63) is 0 Å². The number of Topliss-reactive ketones (excluding diaryl/α,β-unsaturated/α-hetero) is 1. The lowest BCUT2D eigenvalue weighted by Gasteiger charge is -2.59. The molecule has 0 bridgehead atoms. The van der Waals surface area contributed by atoms with Crippen LogP contribution in [0.4, 0.5) is 0 Å². The first kappa shape index (κ1) is 14.9. The van der Waals surface area contributed by atoms with Crippen LogP contribution >= 0.6 is 0 Å². The molecule has 0 N–H and O–H groups in total. The van der Waals surface area contributed by atoms with E-state index < -0.39 is 0 Å². The van der Waals surface area contributed by atoms with Gasteiger partial charge in [-0.15, -0.1) is 0 Å². The summed E-state index contributed by atoms with van der Waals surface area (Å²) in [5, 5.41) is 0. The average Bonchev–Trinajstić information content (AvgIpc) is 3.19. The highest BCUT2D eigenvalue weighted by molar-refractivity contribution is 5.79. The van der Waals surface area contributed by atoms with Crippen LogP contribution in [0.15, 0.2) is 0 Å². The lowest BCUT2D eigenvalue weighted by atomic mass is 9.45. The zero-order valence-electron chi connectivity index (χ0n) is 15.0. The second-order valence-electron chi connectivity index (χ2n) is 10.0. The zero-order valence-corrected chi connectivity index (χ0v) is 15.0. The van der Waals surface area contributed by atoms with E-state index in [1.54, 1.807) is 0 Å². The molecule has 9 atom stereocenters. The molecule has 0 aromatic heterocycles. The van der Waals surface area contributed by atoms with Gasteiger partial charge in [0.05, 0.1) is 12.2 Å². The van der Waals surface area contributed by atoms with Gasteiger partial charge in [-0.05, 0) is 92.8 Å². The summed E-state index contributed by atoms with van der Waals surface area (Å²) in [4.78, 5) is 12.2. The molecule has 128 valence electrons. The molecule has 4 aliphatic carbocycles. The number of ketones is 1. The largest absolute Gasteiger partial charge is 0.369 e. The van der Waals surface area contributed by atoms with Gasteiger partial charge in [0.1, 0.15) is 5.78 Å². The van der Waals surface area contributed by atoms with Crippen LogP contribution < -0.4 is 0 Å². The zero-order chi connectivity index (χ0) is 16.0. The molecule has 23 heavy (non-hydrogen) atoms. The number of hydrogen-bond donors (Lipinski definition) is 0. The van der Waals surface area contributed by atoms with Gasteiger partial charge < -0.3 is 4.74 Å². The predicted octanol–water partition coefficient (Wildman–Crippen LogP) is 4.61. The number of fused-ring (bicyclic) bond motifs is 7. The summed E-state index contributed by atoms with van der Waals surface area (Å²) in [5.41, 5.74) is 0.833. The molecule has 0 radical (unpaired) electrons. The first-order chi connectivity index (χ1) is 10.9. The van der Waals surface area contributed by atoms with Crippen molar-refractivity contribution in [1.29, 1.82) is 0 Å². The Morgan fingerprint density at radius 2 is 1.57 bits per heavy atom. The fraction of sp³-hybridized carbons (Fsp3) is 0.952. The van der Waals surface area contributed by atoms with Gasteiger partial charge >= 0.3 is 0 Å². The molecule has 1 saturated heterocycles. The third-order valence-corrected chi connectivity index (χ3v) is 9.42. The van der Waals surface area contributed by atoms with E-state index in [2.05, 4.69) is 13.8 Å². The van der Waals surface area contributed by atoms with Gasteiger partial charge in [0.2, 0.25) is 0 Å². The van der Waals surface area contributed by atoms with Crippen molar-refractivity contribution in [2.45, 2.75) is 84.3 Å². The molecule has 0 spiro atoms. The summed E-state index contributed by atoms with van der Waals surface area (Å²) in [6.07, 6.45) is 11.8. The minimum atomic E-state index is 0.309. The fourth-order valence-corrected chi connectivity index (χ4v) is 8.26. The van der Waals surface area contributed by atoms with Gasteiger partial charge in [-0.1, -0.05) is 13.8 Å². The van der Waals surface area contributed by atoms with Crippen LogP contribution in [-0.2, 0) is 9.53 Å². The van der Waals surface area contributed by atoms with E-state index in [-0.39, 0.29) is 0 Å². The van der Waals surface area contributed by atoms with E-state index in [1.807, 2.05) is 6.92 Å². The molecule has 5 aliphatic rings. The molecule has 0 amide bonds. The molecule has 1 aliphatic heterocycles. The van der Waals surface area contributed by atoms with Crippen LogP contribution in [0.1, 0.15) is 72.1 Å². The normalized spacial score (nSPS) is 60.2. The molecular weight excluding hydrogens is 284 g/mol. The molecule has 0 unspecified atom stereocenters. The molecule has 5 fully saturated rings. The van der Waals surface area contributed by atoms with Crippen LogP contribution in [0.3, 0.4) is 0 Å². The van der Waals surface area contributed by atoms with Gasteiger partial charge in [0, 0.05) is 5.92 Å². The quantitative estimate of drug-likeness (QED) is 0.661. The number of ether oxygens (including phenoxy) is 1. The molecule has 0 aromatic rings. The van der Waals surface area contributed by atoms with Crippen LogP contribution in [0.25, 0.3) is 0 Å². The predicted molar refractivity (Wildman–Crippen MR) is 89.9 cm³/mol. The highest BCUT2D eigenvalue weighted by Crippen LogP contribution is 2.69. The monoisotopic (exact) mass is 316 g/mol. The summed E-state index contributed by atoms with van der Waals surface area (Å²) in [6.45, 7) is 6.91. The molecule has 1 heterocycles. The maximum atomic E-state index is 12.2. The van der Waals surface area contributed by atoms with E-state index in [0.717, 1.165) is 30.1 Å². The van der Waals surface area contributed by atoms with E-state index in [1.165, 1.54) is 44.9 Å². The van der Waals surface area contributed by atoms with Crippen molar-refractivity contribution in [3.8, 4) is 0 Å². The Labute approximate surface area is 140 Å². The second-order valence-corrected chi connectivity index (χ2v) is 10.0. The Hall–Kier alpha value is -0.370. The van der Waals surface area contributed by atoms with Gasteiger partial charge in [-0.25, -0.2) is 0 Å². The van der Waals surface area contributed by atoms with Crippen LogP contribution in [0.5, 0.6) is 0 Å². The lowest BCUT2D eigenvalue weighted by molar-refractivity contribution is -0.132. The van der Waals surface area contributed by atoms with Crippen molar-refractivity contribution in [2.24, 2.45) is 40.4 Å². The molecule has 4 saturated carbocycles. The van der Waals surface area contributed by atoms with E-state index in [0.29, 0.717) is 34.7 Å². The third-order valence-electron chi connectivity index (χ3n) is 9.42. The van der Waals surface area contributed by atoms with E-state index >= 15 is 0 Å². The van der Waals surface area contributed by atoms with Crippen LogP contribution in [0.2, 0.25) is 0 Å². The fourth-order valence-electron chi connectivity index (χ4n) is 8.26. The van der Waals surface area contributed by atoms with E-state index in [4.69, 9.17) is 4.74 Å². The second kappa shape index (κ2) is 4.62. The van der Waals surface area contributed by atoms with Crippen molar-refractivity contribution in [1.82, 2.24) is 0 Å². The topological polar surface area (TPSA) is 29.6 Å². The Morgan fingerprint density at radius 1 is 0.870 bits per heavy atom. The van der Waals surface area contributed by atoms with Gasteiger partial charge in [0.25, 0.3) is 0 Å². The van der Waals surface area contributed by atoms with Crippen molar-refractivity contribution >= 4 is 5.78 Å². The smallest absolute Gasteiger partial charge is 0.133 e. The summed E-state index contributed by atoms with van der Waals surface area (Å²) in [7, 11) is 0. The number of carbonyl (C=O) groups excluding carboxylic acids is 1. The van der Waals surface area contributed by atoms with Crippen LogP contribution in [-0.4, -0.2) is 18.0 Å². The van der Waals surface area contributed by atoms with Crippen molar-refractivity contribution in [3.63, 3.8) is 0 Å². The third kappa shape index (κ3) is 1.82. The molecule has 0 aromatic carbocycles. The Bertz CT molecular complexity index is 542. The Kier molecular flexibility index (Phi) is 3.00. The van der Waals surface area contributed by atoms with Crippen LogP contribution in [0, 0.1) is 40.4 Å².